The zero-order valence-electron chi connectivity index (χ0n) is 19.4. The van der Waals surface area contributed by atoms with E-state index in [0.717, 1.165) is 0 Å². The van der Waals surface area contributed by atoms with Crippen LogP contribution in [0.15, 0.2) is 0 Å². The van der Waals surface area contributed by atoms with Crippen molar-refractivity contribution in [3.8, 4) is 0 Å². The number of aliphatic carboxylic acids is 4. The second kappa shape index (κ2) is 15.2. The molecule has 0 aromatic rings. The van der Waals surface area contributed by atoms with Crippen LogP contribution in [0.1, 0.15) is 52.4 Å². The van der Waals surface area contributed by atoms with E-state index in [9.17, 15) is 33.6 Å². The molecule has 15 heteroatoms. The molecule has 35 heavy (non-hydrogen) atoms. The van der Waals surface area contributed by atoms with Crippen LogP contribution in [0.4, 0.5) is 0 Å². The van der Waals surface area contributed by atoms with E-state index in [-0.39, 0.29) is 18.8 Å². The summed E-state index contributed by atoms with van der Waals surface area (Å²) >= 11 is 0. The number of rotatable bonds is 17. The van der Waals surface area contributed by atoms with Gasteiger partial charge in [0.15, 0.2) is 0 Å². The topological polar surface area (TPSA) is 263 Å². The maximum atomic E-state index is 12.8. The summed E-state index contributed by atoms with van der Waals surface area (Å²) in [4.78, 5) is 81.7. The quantitative estimate of drug-likeness (QED) is 0.108. The Morgan fingerprint density at radius 1 is 0.657 bits per heavy atom. The number of carboxylic acid groups (broad SMARTS) is 4. The van der Waals surface area contributed by atoms with Gasteiger partial charge in [0.05, 0.1) is 12.5 Å². The molecule has 198 valence electrons. The summed E-state index contributed by atoms with van der Waals surface area (Å²) in [6.07, 6.45) is -2.76. The van der Waals surface area contributed by atoms with Crippen LogP contribution in [0.25, 0.3) is 0 Å². The highest BCUT2D eigenvalue weighted by molar-refractivity contribution is 5.95. The van der Waals surface area contributed by atoms with Crippen molar-refractivity contribution < 1.29 is 54.0 Å². The van der Waals surface area contributed by atoms with Crippen molar-refractivity contribution in [2.24, 2.45) is 11.7 Å². The molecular weight excluding hydrogens is 472 g/mol. The van der Waals surface area contributed by atoms with Crippen LogP contribution in [0.5, 0.6) is 0 Å². The van der Waals surface area contributed by atoms with Gasteiger partial charge in [-0.15, -0.1) is 0 Å². The molecule has 0 unspecified atom stereocenters. The fraction of sp³-hybridized carbons (Fsp3) is 0.650. The first kappa shape index (κ1) is 31.2. The summed E-state index contributed by atoms with van der Waals surface area (Å²) < 4.78 is 0. The van der Waals surface area contributed by atoms with E-state index in [2.05, 4.69) is 10.6 Å². The van der Waals surface area contributed by atoms with E-state index in [1.807, 2.05) is 19.2 Å². The second-order valence-corrected chi connectivity index (χ2v) is 8.22. The number of hydrogen-bond acceptors (Lipinski definition) is 8. The van der Waals surface area contributed by atoms with Gasteiger partial charge in [0.1, 0.15) is 18.1 Å². The third-order valence-corrected chi connectivity index (χ3v) is 4.62. The molecule has 4 atom stereocenters. The number of hydrogen-bond donors (Lipinski definition) is 8. The Kier molecular flexibility index (Phi) is 13.6. The molecule has 0 saturated heterocycles. The van der Waals surface area contributed by atoms with Crippen LogP contribution in [0.3, 0.4) is 0 Å². The highest BCUT2D eigenvalue weighted by Crippen LogP contribution is 2.07. The lowest BCUT2D eigenvalue weighted by atomic mass is 10.0. The second-order valence-electron chi connectivity index (χ2n) is 8.22. The molecule has 0 aromatic carbocycles. The molecule has 0 bridgehead atoms. The molecule has 9 N–H and O–H groups in total. The van der Waals surface area contributed by atoms with Crippen molar-refractivity contribution in [1.29, 1.82) is 0 Å². The summed E-state index contributed by atoms with van der Waals surface area (Å²) in [5.74, 6) is -8.73. The number of amides is 3. The molecule has 0 aliphatic heterocycles. The maximum absolute atomic E-state index is 12.8. The van der Waals surface area contributed by atoms with Gasteiger partial charge < -0.3 is 42.1 Å². The lowest BCUT2D eigenvalue weighted by Crippen LogP contribution is -2.57. The van der Waals surface area contributed by atoms with E-state index < -0.39 is 91.4 Å². The Morgan fingerprint density at radius 3 is 1.40 bits per heavy atom. The predicted molar refractivity (Wildman–Crippen MR) is 117 cm³/mol. The van der Waals surface area contributed by atoms with E-state index >= 15 is 0 Å². The SMILES string of the molecule is CC(C)C[C@H](N)C(=O)N[C@@H](CCC(=O)O)C(=O)N[C@@H](CCC(=O)O)C(=O)N[C@@H](CC(=O)O)C(=O)O. The van der Waals surface area contributed by atoms with E-state index in [1.54, 1.807) is 0 Å². The molecule has 0 saturated carbocycles. The maximum Gasteiger partial charge on any atom is 0.326 e. The van der Waals surface area contributed by atoms with Gasteiger partial charge in [0.25, 0.3) is 0 Å². The highest BCUT2D eigenvalue weighted by atomic mass is 16.4. The Balaban J connectivity index is 5.65. The number of nitrogens with two attached hydrogens (primary N) is 1. The monoisotopic (exact) mass is 504 g/mol. The van der Waals surface area contributed by atoms with Crippen molar-refractivity contribution >= 4 is 41.6 Å². The van der Waals surface area contributed by atoms with Crippen molar-refractivity contribution in [2.75, 3.05) is 0 Å². The molecule has 0 rings (SSSR count). The average molecular weight is 504 g/mol. The molecule has 0 fully saturated rings. The number of carbonyl (C=O) groups excluding carboxylic acids is 3. The van der Waals surface area contributed by atoms with Crippen LogP contribution in [0.2, 0.25) is 0 Å². The number of carbonyl (C=O) groups is 7. The summed E-state index contributed by atoms with van der Waals surface area (Å²) in [5.41, 5.74) is 5.78. The van der Waals surface area contributed by atoms with Crippen molar-refractivity contribution in [1.82, 2.24) is 16.0 Å². The molecular formula is C20H32N4O11. The van der Waals surface area contributed by atoms with Gasteiger partial charge >= 0.3 is 23.9 Å². The largest absolute Gasteiger partial charge is 0.481 e. The van der Waals surface area contributed by atoms with Gasteiger partial charge in [0.2, 0.25) is 17.7 Å². The fourth-order valence-corrected chi connectivity index (χ4v) is 2.89. The standard InChI is InChI=1S/C20H32N4O11/c1-9(2)7-10(21)17(31)22-11(3-5-14(25)26)18(32)23-12(4-6-15(27)28)19(33)24-13(20(34)35)8-16(29)30/h9-13H,3-8,21H2,1-2H3,(H,22,31)(H,23,32)(H,24,33)(H,25,26)(H,27,28)(H,29,30)(H,34,35)/t10-,11-,12-,13-/m0/s1. The van der Waals surface area contributed by atoms with Crippen LogP contribution < -0.4 is 21.7 Å². The molecule has 0 aliphatic rings. The fourth-order valence-electron chi connectivity index (χ4n) is 2.89. The molecule has 0 heterocycles. The molecule has 0 aliphatic carbocycles. The molecule has 0 spiro atoms. The number of carboxylic acids is 4. The zero-order chi connectivity index (χ0) is 27.3. The minimum Gasteiger partial charge on any atom is -0.481 e. The lowest BCUT2D eigenvalue weighted by Gasteiger charge is -2.25. The van der Waals surface area contributed by atoms with Crippen LogP contribution in [-0.2, 0) is 33.6 Å². The first-order valence-corrected chi connectivity index (χ1v) is 10.7. The smallest absolute Gasteiger partial charge is 0.326 e. The average Bonchev–Trinajstić information content (AvgIpc) is 2.71. The minimum absolute atomic E-state index is 0.0409. The number of nitrogens with one attached hydrogen (secondary N) is 3. The van der Waals surface area contributed by atoms with E-state index in [0.29, 0.717) is 0 Å². The van der Waals surface area contributed by atoms with Gasteiger partial charge in [-0.25, -0.2) is 4.79 Å². The van der Waals surface area contributed by atoms with Gasteiger partial charge in [-0.3, -0.25) is 28.8 Å². The summed E-state index contributed by atoms with van der Waals surface area (Å²) in [6, 6.07) is -5.94. The minimum atomic E-state index is -1.86. The zero-order valence-corrected chi connectivity index (χ0v) is 19.4. The lowest BCUT2D eigenvalue weighted by molar-refractivity contribution is -0.147. The van der Waals surface area contributed by atoms with Crippen molar-refractivity contribution in [2.45, 2.75) is 76.5 Å². The third kappa shape index (κ3) is 13.5. The Morgan fingerprint density at radius 2 is 1.06 bits per heavy atom. The van der Waals surface area contributed by atoms with E-state index in [1.165, 1.54) is 0 Å². The predicted octanol–water partition coefficient (Wildman–Crippen LogP) is -1.90. The molecule has 15 nitrogen and oxygen atoms in total. The first-order chi connectivity index (χ1) is 16.1. The highest BCUT2D eigenvalue weighted by Gasteiger charge is 2.31. The first-order valence-electron chi connectivity index (χ1n) is 10.7. The van der Waals surface area contributed by atoms with Crippen LogP contribution in [-0.4, -0.2) is 86.2 Å². The Bertz CT molecular complexity index is 815. The molecule has 3 amide bonds. The molecule has 0 radical (unpaired) electrons. The van der Waals surface area contributed by atoms with Gasteiger partial charge in [0, 0.05) is 12.8 Å². The normalized spacial score (nSPS) is 14.2. The summed E-state index contributed by atoms with van der Waals surface area (Å²) in [6.45, 7) is 3.62. The van der Waals surface area contributed by atoms with Crippen molar-refractivity contribution in [3.05, 3.63) is 0 Å². The summed E-state index contributed by atoms with van der Waals surface area (Å²) in [7, 11) is 0. The Labute approximate surface area is 200 Å². The van der Waals surface area contributed by atoms with Crippen LogP contribution >= 0.6 is 0 Å². The van der Waals surface area contributed by atoms with Gasteiger partial charge in [-0.2, -0.15) is 0 Å². The molecule has 0 aromatic heterocycles. The van der Waals surface area contributed by atoms with E-state index in [4.69, 9.17) is 26.2 Å². The Hall–Kier alpha value is -3.75. The third-order valence-electron chi connectivity index (χ3n) is 4.62. The van der Waals surface area contributed by atoms with Crippen LogP contribution in [0, 0.1) is 5.92 Å². The van der Waals surface area contributed by atoms with Gasteiger partial charge in [-0.05, 0) is 25.2 Å². The summed E-state index contributed by atoms with van der Waals surface area (Å²) in [5, 5.41) is 42.2. The van der Waals surface area contributed by atoms with Crippen molar-refractivity contribution in [3.63, 3.8) is 0 Å². The van der Waals surface area contributed by atoms with Gasteiger partial charge in [-0.1, -0.05) is 13.8 Å².